The molecule has 0 aromatic heterocycles. The molecule has 1 rings (SSSR count). The summed E-state index contributed by atoms with van der Waals surface area (Å²) in [6.45, 7) is 3.39. The molecule has 0 aromatic rings. The summed E-state index contributed by atoms with van der Waals surface area (Å²) < 4.78 is 10.2. The zero-order chi connectivity index (χ0) is 26.3. The molecule has 1 saturated heterocycles. The van der Waals surface area contributed by atoms with Gasteiger partial charge < -0.3 is 35.0 Å². The normalized spacial score (nSPS) is 21.5. The summed E-state index contributed by atoms with van der Waals surface area (Å²) in [5, 5.41) is 45.0. The number of rotatable bonds is 19. The number of allylic oxidation sites excluding steroid dienone is 2. The Balaban J connectivity index is 0.00000209. The molecule has 0 bridgehead atoms. The highest BCUT2D eigenvalue weighted by Crippen LogP contribution is 2.18. The molecule has 8 nitrogen and oxygen atoms in total. The first kappa shape index (κ1) is 34.0. The van der Waals surface area contributed by atoms with Crippen molar-refractivity contribution in [1.82, 2.24) is 0 Å². The molecule has 1 aliphatic heterocycles. The van der Waals surface area contributed by atoms with Crippen LogP contribution in [0.3, 0.4) is 0 Å². The number of carbonyl (C=O) groups excluding carboxylic acids is 1. The van der Waals surface area contributed by atoms with Crippen LogP contribution in [-0.2, 0) is 14.3 Å². The summed E-state index contributed by atoms with van der Waals surface area (Å²) in [5.41, 5.74) is 0. The lowest BCUT2D eigenvalue weighted by Gasteiger charge is -2.20. The molecule has 0 spiro atoms. The number of aliphatic hydroxyl groups excluding tert-OH is 5. The highest BCUT2D eigenvalue weighted by atomic mass is 16.6. The molecule has 0 amide bonds. The lowest BCUT2D eigenvalue weighted by Crippen LogP contribution is -2.41. The summed E-state index contributed by atoms with van der Waals surface area (Å²) in [6, 6.07) is 0. The summed E-state index contributed by atoms with van der Waals surface area (Å²) >= 11 is 0. The highest BCUT2D eigenvalue weighted by molar-refractivity contribution is 5.69. The van der Waals surface area contributed by atoms with E-state index in [-0.39, 0.29) is 25.8 Å². The van der Waals surface area contributed by atoms with Gasteiger partial charge in [-0.25, -0.2) is 0 Å². The van der Waals surface area contributed by atoms with Gasteiger partial charge in [0, 0.05) is 6.42 Å². The van der Waals surface area contributed by atoms with Crippen LogP contribution in [0.25, 0.3) is 0 Å². The molecule has 0 aromatic carbocycles. The molecule has 1 aliphatic rings. The first-order chi connectivity index (χ1) is 16.8. The lowest BCUT2D eigenvalue weighted by atomic mass is 10.1. The predicted molar refractivity (Wildman–Crippen MR) is 137 cm³/mol. The van der Waals surface area contributed by atoms with Crippen molar-refractivity contribution in [2.45, 2.75) is 134 Å². The Bertz CT molecular complexity index is 511. The molecule has 1 fully saturated rings. The zero-order valence-corrected chi connectivity index (χ0v) is 22.0. The van der Waals surface area contributed by atoms with Crippen molar-refractivity contribution in [2.24, 2.45) is 0 Å². The first-order valence-corrected chi connectivity index (χ1v) is 13.6. The van der Waals surface area contributed by atoms with E-state index < -0.39 is 30.5 Å². The van der Waals surface area contributed by atoms with Crippen molar-refractivity contribution >= 4 is 5.97 Å². The smallest absolute Gasteiger partial charge is 0.305 e. The molecular formula is C27H52O8. The molecule has 0 aliphatic carbocycles. The van der Waals surface area contributed by atoms with Crippen molar-refractivity contribution in [1.29, 1.82) is 0 Å². The maximum absolute atomic E-state index is 11.7. The molecular weight excluding hydrogens is 452 g/mol. The minimum atomic E-state index is -1.15. The van der Waals surface area contributed by atoms with E-state index in [2.05, 4.69) is 19.1 Å². The fraction of sp³-hybridized carbons (Fsp3) is 0.889. The quantitative estimate of drug-likeness (QED) is 0.103. The summed E-state index contributed by atoms with van der Waals surface area (Å²) in [5.74, 6) is -0.347. The fourth-order valence-corrected chi connectivity index (χ4v) is 3.65. The number of hydrogen-bond donors (Lipinski definition) is 5. The standard InChI is InChI=1S/C24H44O6.C3H8O2/c1-2-3-4-5-6-7-8-9-10-11-12-13-14-15-16-17-22(27)29-19-21(26)24-23(28)20(25)18-30-24;1-3(5)2-4/h9-10,20-21,23-26,28H,2-8,11-19H2,1H3;3-5H,2H2,1H3/b10-9-;/t20-,21+,23+,24+;/m0./s1. The van der Waals surface area contributed by atoms with Crippen LogP contribution in [0.1, 0.15) is 104 Å². The minimum absolute atomic E-state index is 0.0221. The Kier molecular flexibility index (Phi) is 22.7. The molecule has 1 unspecified atom stereocenters. The second kappa shape index (κ2) is 23.4. The van der Waals surface area contributed by atoms with Crippen LogP contribution in [0.2, 0.25) is 0 Å². The average Bonchev–Trinajstić information content (AvgIpc) is 3.18. The van der Waals surface area contributed by atoms with E-state index in [9.17, 15) is 20.1 Å². The van der Waals surface area contributed by atoms with Gasteiger partial charge in [-0.05, 0) is 39.0 Å². The van der Waals surface area contributed by atoms with Crippen molar-refractivity contribution in [3.05, 3.63) is 12.2 Å². The van der Waals surface area contributed by atoms with Gasteiger partial charge in [0.25, 0.3) is 0 Å². The SMILES string of the molecule is CC(O)CO.CCCCCCCC/C=C\CCCCCCCC(=O)OC[C@@H](O)[C@H]1OC[C@H](O)[C@H]1O. The second-order valence-electron chi connectivity index (χ2n) is 9.47. The molecule has 35 heavy (non-hydrogen) atoms. The minimum Gasteiger partial charge on any atom is -0.463 e. The van der Waals surface area contributed by atoms with E-state index in [1.165, 1.54) is 64.7 Å². The van der Waals surface area contributed by atoms with E-state index in [4.69, 9.17) is 19.7 Å². The van der Waals surface area contributed by atoms with E-state index in [1.807, 2.05) is 0 Å². The Labute approximate surface area is 212 Å². The fourth-order valence-electron chi connectivity index (χ4n) is 3.65. The first-order valence-electron chi connectivity index (χ1n) is 13.6. The van der Waals surface area contributed by atoms with E-state index >= 15 is 0 Å². The van der Waals surface area contributed by atoms with Gasteiger partial charge in [0.15, 0.2) is 0 Å². The Morgan fingerprint density at radius 1 is 0.943 bits per heavy atom. The number of carbonyl (C=O) groups is 1. The van der Waals surface area contributed by atoms with Gasteiger partial charge in [0.05, 0.1) is 19.3 Å². The van der Waals surface area contributed by atoms with Crippen molar-refractivity contribution < 1.29 is 39.8 Å². The number of unbranched alkanes of at least 4 members (excludes halogenated alkanes) is 11. The van der Waals surface area contributed by atoms with Gasteiger partial charge in [0.2, 0.25) is 0 Å². The second-order valence-corrected chi connectivity index (χ2v) is 9.47. The molecule has 0 radical (unpaired) electrons. The maximum atomic E-state index is 11.7. The number of esters is 1. The molecule has 208 valence electrons. The number of ether oxygens (including phenoxy) is 2. The molecule has 5 atom stereocenters. The van der Waals surface area contributed by atoms with E-state index in [0.717, 1.165) is 25.7 Å². The van der Waals surface area contributed by atoms with Crippen LogP contribution < -0.4 is 0 Å². The van der Waals surface area contributed by atoms with E-state index in [1.54, 1.807) is 0 Å². The molecule has 1 heterocycles. The molecule has 0 saturated carbocycles. The number of hydrogen-bond acceptors (Lipinski definition) is 8. The molecule has 8 heteroatoms. The average molecular weight is 505 g/mol. The van der Waals surface area contributed by atoms with Crippen molar-refractivity contribution in [3.8, 4) is 0 Å². The van der Waals surface area contributed by atoms with Gasteiger partial charge in [-0.1, -0.05) is 70.4 Å². The highest BCUT2D eigenvalue weighted by Gasteiger charge is 2.39. The van der Waals surface area contributed by atoms with Crippen molar-refractivity contribution in [2.75, 3.05) is 19.8 Å². The Morgan fingerprint density at radius 3 is 1.94 bits per heavy atom. The zero-order valence-electron chi connectivity index (χ0n) is 22.0. The monoisotopic (exact) mass is 504 g/mol. The van der Waals surface area contributed by atoms with Gasteiger partial charge in [-0.3, -0.25) is 4.79 Å². The Hall–Kier alpha value is -1.03. The van der Waals surface area contributed by atoms with Gasteiger partial charge >= 0.3 is 5.97 Å². The van der Waals surface area contributed by atoms with Crippen LogP contribution in [0, 0.1) is 0 Å². The lowest BCUT2D eigenvalue weighted by molar-refractivity contribution is -0.151. The maximum Gasteiger partial charge on any atom is 0.305 e. The van der Waals surface area contributed by atoms with Crippen LogP contribution in [0.15, 0.2) is 12.2 Å². The van der Waals surface area contributed by atoms with Crippen molar-refractivity contribution in [3.63, 3.8) is 0 Å². The van der Waals surface area contributed by atoms with Gasteiger partial charge in [-0.2, -0.15) is 0 Å². The van der Waals surface area contributed by atoms with Gasteiger partial charge in [0.1, 0.15) is 31.0 Å². The number of aliphatic hydroxyl groups is 5. The van der Waals surface area contributed by atoms with Crippen LogP contribution in [0.4, 0.5) is 0 Å². The van der Waals surface area contributed by atoms with E-state index in [0.29, 0.717) is 6.42 Å². The van der Waals surface area contributed by atoms with Crippen LogP contribution in [0.5, 0.6) is 0 Å². The Morgan fingerprint density at radius 2 is 1.46 bits per heavy atom. The molecule has 5 N–H and O–H groups in total. The third kappa shape index (κ3) is 19.8. The predicted octanol–water partition coefficient (Wildman–Crippen LogP) is 3.41. The van der Waals surface area contributed by atoms with Crippen LogP contribution in [-0.4, -0.2) is 81.8 Å². The summed E-state index contributed by atoms with van der Waals surface area (Å²) in [6.07, 6.45) is 15.9. The third-order valence-corrected chi connectivity index (χ3v) is 5.89. The largest absolute Gasteiger partial charge is 0.463 e. The summed E-state index contributed by atoms with van der Waals surface area (Å²) in [7, 11) is 0. The third-order valence-electron chi connectivity index (χ3n) is 5.89. The van der Waals surface area contributed by atoms with Gasteiger partial charge in [-0.15, -0.1) is 0 Å². The topological polar surface area (TPSA) is 137 Å². The summed E-state index contributed by atoms with van der Waals surface area (Å²) in [4.78, 5) is 11.7. The van der Waals surface area contributed by atoms with Crippen LogP contribution >= 0.6 is 0 Å².